The third-order valence-electron chi connectivity index (χ3n) is 3.05. The number of benzene rings is 2. The van der Waals surface area contributed by atoms with Gasteiger partial charge in [-0.2, -0.15) is 0 Å². The van der Waals surface area contributed by atoms with Gasteiger partial charge in [-0.15, -0.1) is 0 Å². The number of nitrogens with two attached hydrogens (primary N) is 1. The Labute approximate surface area is 140 Å². The van der Waals surface area contributed by atoms with E-state index in [4.69, 9.17) is 28.9 Å². The molecule has 0 unspecified atom stereocenters. The number of aromatic nitrogens is 1. The van der Waals surface area contributed by atoms with Crippen LogP contribution in [0.3, 0.4) is 0 Å². The largest absolute Gasteiger partial charge is 0.398 e. The summed E-state index contributed by atoms with van der Waals surface area (Å²) in [6.07, 6.45) is 1.73. The Morgan fingerprint density at radius 2 is 1.86 bits per heavy atom. The zero-order chi connectivity index (χ0) is 15.0. The van der Waals surface area contributed by atoms with Crippen molar-refractivity contribution in [1.29, 1.82) is 0 Å². The van der Waals surface area contributed by atoms with E-state index in [9.17, 15) is 0 Å². The van der Waals surface area contributed by atoms with Crippen molar-refractivity contribution in [3.63, 3.8) is 0 Å². The molecular formula is C15H10BrCl2N3. The first kappa shape index (κ1) is 14.4. The smallest absolute Gasteiger partial charge is 0.0958 e. The van der Waals surface area contributed by atoms with Crippen LogP contribution in [0.25, 0.3) is 10.9 Å². The van der Waals surface area contributed by atoms with E-state index in [1.165, 1.54) is 0 Å². The van der Waals surface area contributed by atoms with Gasteiger partial charge in [0.1, 0.15) is 0 Å². The lowest BCUT2D eigenvalue weighted by Crippen LogP contribution is -1.96. The van der Waals surface area contributed by atoms with Crippen molar-refractivity contribution in [3.8, 4) is 0 Å². The van der Waals surface area contributed by atoms with Crippen molar-refractivity contribution in [1.82, 2.24) is 4.98 Å². The summed E-state index contributed by atoms with van der Waals surface area (Å²) in [5, 5.41) is 5.31. The van der Waals surface area contributed by atoms with Crippen LogP contribution in [0.15, 0.2) is 47.1 Å². The molecule has 3 nitrogen and oxygen atoms in total. The molecule has 1 heterocycles. The fourth-order valence-corrected chi connectivity index (χ4v) is 2.72. The lowest BCUT2D eigenvalue weighted by molar-refractivity contribution is 1.38. The molecule has 3 rings (SSSR count). The van der Waals surface area contributed by atoms with Gasteiger partial charge < -0.3 is 11.1 Å². The van der Waals surface area contributed by atoms with Crippen LogP contribution in [0.1, 0.15) is 0 Å². The Morgan fingerprint density at radius 1 is 1.05 bits per heavy atom. The Kier molecular flexibility index (Phi) is 3.93. The molecule has 0 bridgehead atoms. The number of hydrogen-bond donors (Lipinski definition) is 2. The fourth-order valence-electron chi connectivity index (χ4n) is 2.06. The highest BCUT2D eigenvalue weighted by atomic mass is 79.9. The second-order valence-corrected chi connectivity index (χ2v) is 6.26. The summed E-state index contributed by atoms with van der Waals surface area (Å²) in [6.45, 7) is 0. The molecule has 0 saturated heterocycles. The fraction of sp³-hybridized carbons (Fsp3) is 0. The average Bonchev–Trinajstić information content (AvgIpc) is 2.46. The molecule has 3 aromatic rings. The number of nitrogens with zero attached hydrogens (tertiary/aromatic N) is 1. The number of anilines is 3. The number of pyridine rings is 1. The number of hydrogen-bond acceptors (Lipinski definition) is 3. The topological polar surface area (TPSA) is 50.9 Å². The summed E-state index contributed by atoms with van der Waals surface area (Å²) in [4.78, 5) is 4.42. The molecule has 0 aliphatic rings. The first-order valence-corrected chi connectivity index (χ1v) is 7.65. The molecule has 0 aliphatic carbocycles. The van der Waals surface area contributed by atoms with E-state index >= 15 is 0 Å². The van der Waals surface area contributed by atoms with E-state index in [2.05, 4.69) is 26.2 Å². The Morgan fingerprint density at radius 3 is 2.67 bits per heavy atom. The number of rotatable bonds is 2. The van der Waals surface area contributed by atoms with Crippen LogP contribution in [0.4, 0.5) is 17.1 Å². The van der Waals surface area contributed by atoms with E-state index in [1.807, 2.05) is 18.2 Å². The van der Waals surface area contributed by atoms with Gasteiger partial charge in [0.15, 0.2) is 0 Å². The number of fused-ring (bicyclic) bond motifs is 1. The second kappa shape index (κ2) is 5.72. The molecular weight excluding hydrogens is 373 g/mol. The van der Waals surface area contributed by atoms with E-state index in [0.29, 0.717) is 15.7 Å². The second-order valence-electron chi connectivity index (χ2n) is 4.50. The summed E-state index contributed by atoms with van der Waals surface area (Å²) in [5.74, 6) is 0. The molecule has 1 aromatic heterocycles. The maximum Gasteiger partial charge on any atom is 0.0958 e. The quantitative estimate of drug-likeness (QED) is 0.564. The highest BCUT2D eigenvalue weighted by Crippen LogP contribution is 2.33. The summed E-state index contributed by atoms with van der Waals surface area (Å²) in [6, 6.07) is 10.9. The van der Waals surface area contributed by atoms with Crippen molar-refractivity contribution < 1.29 is 0 Å². The molecule has 106 valence electrons. The number of nitrogen functional groups attached to an aromatic ring is 1. The maximum atomic E-state index is 6.18. The van der Waals surface area contributed by atoms with Gasteiger partial charge in [-0.05, 0) is 52.3 Å². The Balaban J connectivity index is 2.13. The molecule has 0 aliphatic heterocycles. The Bertz CT molecular complexity index is 837. The molecule has 6 heteroatoms. The number of halogens is 3. The highest BCUT2D eigenvalue weighted by molar-refractivity contribution is 9.10. The third kappa shape index (κ3) is 2.93. The van der Waals surface area contributed by atoms with Crippen LogP contribution in [0, 0.1) is 0 Å². The van der Waals surface area contributed by atoms with Crippen LogP contribution in [0.2, 0.25) is 10.0 Å². The zero-order valence-electron chi connectivity index (χ0n) is 10.7. The molecule has 0 amide bonds. The van der Waals surface area contributed by atoms with E-state index < -0.39 is 0 Å². The molecule has 0 atom stereocenters. The summed E-state index contributed by atoms with van der Waals surface area (Å²) >= 11 is 15.6. The van der Waals surface area contributed by atoms with E-state index in [0.717, 1.165) is 26.8 Å². The van der Waals surface area contributed by atoms with Crippen LogP contribution in [-0.4, -0.2) is 4.98 Å². The molecule has 0 saturated carbocycles. The van der Waals surface area contributed by atoms with Crippen molar-refractivity contribution >= 4 is 67.1 Å². The highest BCUT2D eigenvalue weighted by Gasteiger charge is 2.09. The first-order chi connectivity index (χ1) is 10.0. The van der Waals surface area contributed by atoms with E-state index in [1.54, 1.807) is 24.4 Å². The van der Waals surface area contributed by atoms with Crippen LogP contribution >= 0.6 is 39.1 Å². The van der Waals surface area contributed by atoms with Crippen molar-refractivity contribution in [3.05, 3.63) is 57.1 Å². The van der Waals surface area contributed by atoms with Crippen molar-refractivity contribution in [2.75, 3.05) is 11.1 Å². The van der Waals surface area contributed by atoms with Crippen molar-refractivity contribution in [2.24, 2.45) is 0 Å². The minimum atomic E-state index is 0.585. The van der Waals surface area contributed by atoms with Gasteiger partial charge in [-0.1, -0.05) is 23.2 Å². The SMILES string of the molecule is Nc1ccc(Nc2cc(Cl)ccc2Cl)c2ncc(Br)cc12. The minimum Gasteiger partial charge on any atom is -0.398 e. The summed E-state index contributed by atoms with van der Waals surface area (Å²) in [7, 11) is 0. The molecule has 3 N–H and O–H groups in total. The van der Waals surface area contributed by atoms with Crippen LogP contribution in [-0.2, 0) is 0 Å². The molecule has 0 spiro atoms. The third-order valence-corrected chi connectivity index (χ3v) is 4.05. The van der Waals surface area contributed by atoms with Gasteiger partial charge in [-0.3, -0.25) is 4.98 Å². The van der Waals surface area contributed by atoms with Gasteiger partial charge in [0, 0.05) is 26.8 Å². The van der Waals surface area contributed by atoms with Gasteiger partial charge >= 0.3 is 0 Å². The monoisotopic (exact) mass is 381 g/mol. The van der Waals surface area contributed by atoms with Crippen LogP contribution in [0.5, 0.6) is 0 Å². The van der Waals surface area contributed by atoms with Crippen LogP contribution < -0.4 is 11.1 Å². The van der Waals surface area contributed by atoms with Gasteiger partial charge in [0.05, 0.1) is 21.9 Å². The zero-order valence-corrected chi connectivity index (χ0v) is 13.8. The average molecular weight is 383 g/mol. The number of nitrogens with one attached hydrogen (secondary N) is 1. The predicted molar refractivity (Wildman–Crippen MR) is 93.6 cm³/mol. The Hall–Kier alpha value is -1.49. The van der Waals surface area contributed by atoms with Gasteiger partial charge in [0.25, 0.3) is 0 Å². The predicted octanol–water partition coefficient (Wildman–Crippen LogP) is 5.63. The van der Waals surface area contributed by atoms with E-state index in [-0.39, 0.29) is 0 Å². The lowest BCUT2D eigenvalue weighted by Gasteiger charge is -2.12. The van der Waals surface area contributed by atoms with Gasteiger partial charge in [0.2, 0.25) is 0 Å². The molecule has 0 fully saturated rings. The molecule has 21 heavy (non-hydrogen) atoms. The lowest BCUT2D eigenvalue weighted by atomic mass is 10.1. The summed E-state index contributed by atoms with van der Waals surface area (Å²) in [5.41, 5.74) is 8.98. The molecule has 0 radical (unpaired) electrons. The van der Waals surface area contributed by atoms with Crippen molar-refractivity contribution in [2.45, 2.75) is 0 Å². The normalized spacial score (nSPS) is 10.8. The standard InChI is InChI=1S/C15H10BrCl2N3/c16-8-5-10-12(19)3-4-13(15(10)20-7-8)21-14-6-9(17)1-2-11(14)18/h1-7,21H,19H2. The molecule has 2 aromatic carbocycles. The summed E-state index contributed by atoms with van der Waals surface area (Å²) < 4.78 is 0.875. The maximum absolute atomic E-state index is 6.18. The minimum absolute atomic E-state index is 0.585. The van der Waals surface area contributed by atoms with Gasteiger partial charge in [-0.25, -0.2) is 0 Å². The first-order valence-electron chi connectivity index (χ1n) is 6.10.